The molecule has 2 aromatic rings. The third-order valence-electron chi connectivity index (χ3n) is 4.38. The van der Waals surface area contributed by atoms with E-state index in [4.69, 9.17) is 5.11 Å². The van der Waals surface area contributed by atoms with Gasteiger partial charge in [0.2, 0.25) is 0 Å². The second-order valence-electron chi connectivity index (χ2n) is 6.70. The largest absolute Gasteiger partial charge is 0.0622 e. The number of hydrogen-bond donors (Lipinski definition) is 1. The van der Waals surface area contributed by atoms with Crippen LogP contribution in [0.3, 0.4) is 0 Å². The third-order valence-corrected chi connectivity index (χ3v) is 4.38. The van der Waals surface area contributed by atoms with Gasteiger partial charge in [0, 0.05) is 6.42 Å². The maximum absolute atomic E-state index is 10.2. The number of carboxylic acids is 1. The zero-order chi connectivity index (χ0) is 18.9. The van der Waals surface area contributed by atoms with Gasteiger partial charge in [-0.1, -0.05) is 119 Å². The molecular weight excluding hydrogens is 439 g/mol. The summed E-state index contributed by atoms with van der Waals surface area (Å²) in [5.41, 5.74) is 2.55. The van der Waals surface area contributed by atoms with Crippen LogP contribution in [0.25, 0.3) is 11.1 Å². The van der Waals surface area contributed by atoms with E-state index in [1.165, 1.54) is 56.1 Å². The molecule has 0 bridgehead atoms. The van der Waals surface area contributed by atoms with Crippen molar-refractivity contribution < 1.29 is 9.90 Å². The van der Waals surface area contributed by atoms with Crippen LogP contribution in [-0.4, -0.2) is 35.0 Å². The minimum absolute atomic E-state index is 0. The van der Waals surface area contributed by atoms with Gasteiger partial charge in [-0.05, 0) is 17.5 Å². The molecule has 2 aromatic carbocycles. The second kappa shape index (κ2) is 18.1. The van der Waals surface area contributed by atoms with E-state index >= 15 is 0 Å². The van der Waals surface area contributed by atoms with Crippen LogP contribution in [0.4, 0.5) is 0 Å². The Labute approximate surface area is 182 Å². The van der Waals surface area contributed by atoms with Gasteiger partial charge in [-0.15, -0.1) is 0 Å². The molecule has 2 radical (unpaired) electrons. The van der Waals surface area contributed by atoms with Crippen molar-refractivity contribution in [1.29, 1.82) is 0 Å². The Morgan fingerprint density at radius 2 is 1.04 bits per heavy atom. The summed E-state index contributed by atoms with van der Waals surface area (Å²) in [6.45, 7) is 2.23. The summed E-state index contributed by atoms with van der Waals surface area (Å²) < 4.78 is 0. The molecule has 0 saturated carbocycles. The maximum atomic E-state index is 10.2. The number of benzene rings is 2. The maximum Gasteiger partial charge on any atom is -0.0184 e. The first kappa shape index (κ1) is 25.7. The molecule has 0 atom stereocenters. The predicted molar refractivity (Wildman–Crippen MR) is 120 cm³/mol. The van der Waals surface area contributed by atoms with Crippen LogP contribution in [0.5, 0.6) is 0 Å². The molecule has 27 heavy (non-hydrogen) atoms. The van der Waals surface area contributed by atoms with Crippen LogP contribution >= 0.6 is 0 Å². The van der Waals surface area contributed by atoms with Crippen molar-refractivity contribution in [3.05, 3.63) is 60.7 Å². The summed E-state index contributed by atoms with van der Waals surface area (Å²) in [7, 11) is 0. The van der Waals surface area contributed by atoms with E-state index in [9.17, 15) is 4.79 Å². The summed E-state index contributed by atoms with van der Waals surface area (Å²) in [5, 5.41) is 8.41. The Kier molecular flexibility index (Phi) is 17.2. The summed E-state index contributed by atoms with van der Waals surface area (Å²) in [5.74, 6) is -0.659. The van der Waals surface area contributed by atoms with E-state index in [0.717, 1.165) is 12.8 Å². The van der Waals surface area contributed by atoms with Gasteiger partial charge in [-0.2, -0.15) is 0 Å². The van der Waals surface area contributed by atoms with Crippen molar-refractivity contribution in [2.45, 2.75) is 71.1 Å². The van der Waals surface area contributed by atoms with Gasteiger partial charge >= 0.3 is 29.9 Å². The zero-order valence-corrected chi connectivity index (χ0v) is 20.9. The van der Waals surface area contributed by atoms with Gasteiger partial charge in [-0.25, -0.2) is 0 Å². The Hall–Kier alpha value is -1.29. The van der Waals surface area contributed by atoms with E-state index in [-0.39, 0.29) is 23.9 Å². The van der Waals surface area contributed by atoms with Crippen molar-refractivity contribution in [3.8, 4) is 11.1 Å². The molecule has 0 aromatic heterocycles. The van der Waals surface area contributed by atoms with Crippen molar-refractivity contribution in [2.24, 2.45) is 0 Å². The summed E-state index contributed by atoms with van der Waals surface area (Å²) >= 11 is 0. The second-order valence-corrected chi connectivity index (χ2v) is 6.70. The number of carboxylic acid groups (broad SMARTS) is 1. The molecular formula is C24H36O2Sn. The Bertz CT molecular complexity index is 532. The first-order chi connectivity index (χ1) is 12.7. The molecule has 0 aliphatic rings. The van der Waals surface area contributed by atoms with E-state index in [0.29, 0.717) is 6.42 Å². The molecule has 3 heteroatoms. The van der Waals surface area contributed by atoms with Gasteiger partial charge < -0.3 is 5.11 Å². The monoisotopic (exact) mass is 476 g/mol. The fraction of sp³-hybridized carbons (Fsp3) is 0.458. The molecule has 0 unspecified atom stereocenters. The molecule has 0 spiro atoms. The number of aliphatic carboxylic acids is 1. The molecule has 0 fully saturated rings. The topological polar surface area (TPSA) is 37.3 Å². The first-order valence-electron chi connectivity index (χ1n) is 10.1. The molecule has 0 aliphatic heterocycles. The number of hydrogen-bond acceptors (Lipinski definition) is 1. The van der Waals surface area contributed by atoms with Crippen LogP contribution < -0.4 is 0 Å². The fourth-order valence-corrected chi connectivity index (χ4v) is 2.85. The third kappa shape index (κ3) is 14.4. The number of carbonyl (C=O) groups is 1. The molecule has 0 amide bonds. The first-order valence-corrected chi connectivity index (χ1v) is 10.1. The molecule has 148 valence electrons. The van der Waals surface area contributed by atoms with E-state index in [1.807, 2.05) is 12.1 Å². The van der Waals surface area contributed by atoms with Crippen LogP contribution in [-0.2, 0) is 4.79 Å². The van der Waals surface area contributed by atoms with Crippen LogP contribution in [0.2, 0.25) is 0 Å². The molecule has 0 aliphatic carbocycles. The summed E-state index contributed by atoms with van der Waals surface area (Å²) in [4.78, 5) is 10.2. The predicted octanol–water partition coefficient (Wildman–Crippen LogP) is 6.43. The summed E-state index contributed by atoms with van der Waals surface area (Å²) in [6, 6.07) is 20.8. The van der Waals surface area contributed by atoms with Gasteiger partial charge in [0.25, 0.3) is 0 Å². The molecule has 2 nitrogen and oxygen atoms in total. The van der Waals surface area contributed by atoms with Crippen molar-refractivity contribution in [2.75, 3.05) is 0 Å². The molecule has 2 rings (SSSR count). The fourth-order valence-electron chi connectivity index (χ4n) is 2.85. The molecule has 0 heterocycles. The minimum Gasteiger partial charge on any atom is -0.0622 e. The van der Waals surface area contributed by atoms with Gasteiger partial charge in [0.05, 0.1) is 0 Å². The smallest absolute Gasteiger partial charge is 0.0184 e. The average molecular weight is 475 g/mol. The Morgan fingerprint density at radius 1 is 0.667 bits per heavy atom. The normalized spacial score (nSPS) is 9.67. The zero-order valence-electron chi connectivity index (χ0n) is 16.9. The number of rotatable bonds is 11. The standard InChI is InChI=1S/C12H24O2.C12H10.Sn.2H/c1-2-3-4-5-6-7-8-9-10-11-12(13)14;1-3-7-11(8-4-1)12-9-5-2-6-10-12;;;/h2-11H2,1H3,(H,13,14);1-10H;;;. The average Bonchev–Trinajstić information content (AvgIpc) is 2.68. The SMILES string of the molecule is CCCCCCCCCCCC(=O)O.[SnH2].c1ccc(-c2ccccc2)cc1. The van der Waals surface area contributed by atoms with Gasteiger partial charge in [-0.3, -0.25) is 4.79 Å². The van der Waals surface area contributed by atoms with Crippen molar-refractivity contribution >= 4 is 29.9 Å². The van der Waals surface area contributed by atoms with Crippen molar-refractivity contribution in [3.63, 3.8) is 0 Å². The molecule has 1 N–H and O–H groups in total. The van der Waals surface area contributed by atoms with E-state index in [2.05, 4.69) is 55.5 Å². The van der Waals surface area contributed by atoms with E-state index < -0.39 is 5.97 Å². The van der Waals surface area contributed by atoms with Gasteiger partial charge in [0.15, 0.2) is 0 Å². The Morgan fingerprint density at radius 3 is 1.41 bits per heavy atom. The van der Waals surface area contributed by atoms with Crippen LogP contribution in [0.1, 0.15) is 71.1 Å². The molecule has 0 saturated heterocycles. The van der Waals surface area contributed by atoms with Crippen molar-refractivity contribution in [1.82, 2.24) is 0 Å². The summed E-state index contributed by atoms with van der Waals surface area (Å²) in [6.07, 6.45) is 11.5. The van der Waals surface area contributed by atoms with E-state index in [1.54, 1.807) is 0 Å². The minimum atomic E-state index is -0.659. The van der Waals surface area contributed by atoms with Crippen LogP contribution in [0, 0.1) is 0 Å². The number of unbranched alkanes of at least 4 members (excludes halogenated alkanes) is 8. The van der Waals surface area contributed by atoms with Crippen LogP contribution in [0.15, 0.2) is 60.7 Å². The Balaban J connectivity index is 0.000000485. The van der Waals surface area contributed by atoms with Gasteiger partial charge in [0.1, 0.15) is 0 Å². The quantitative estimate of drug-likeness (QED) is 0.301.